The third-order valence-electron chi connectivity index (χ3n) is 7.96. The highest BCUT2D eigenvalue weighted by atomic mass is 35.5. The lowest BCUT2D eigenvalue weighted by molar-refractivity contribution is -0.274. The normalized spacial score (nSPS) is 21.9. The number of anilines is 1. The predicted molar refractivity (Wildman–Crippen MR) is 149 cm³/mol. The maximum absolute atomic E-state index is 13.0. The second-order valence-corrected chi connectivity index (χ2v) is 12.5. The molecule has 2 saturated carbocycles. The fourth-order valence-electron chi connectivity index (χ4n) is 5.95. The van der Waals surface area contributed by atoms with Crippen LogP contribution in [0.2, 0.25) is 10.0 Å². The van der Waals surface area contributed by atoms with Crippen molar-refractivity contribution in [2.45, 2.75) is 56.8 Å². The third kappa shape index (κ3) is 5.06. The van der Waals surface area contributed by atoms with Gasteiger partial charge in [-0.2, -0.15) is 0 Å². The first-order valence-corrected chi connectivity index (χ1v) is 14.8. The number of fused-ring (bicyclic) bond motifs is 3. The van der Waals surface area contributed by atoms with Gasteiger partial charge in [0.05, 0.1) is 44.8 Å². The molecular formula is C27H22Cl2F3N5O4S. The van der Waals surface area contributed by atoms with Crippen LogP contribution in [0, 0.1) is 5.92 Å². The van der Waals surface area contributed by atoms with E-state index in [1.807, 2.05) is 4.68 Å². The number of nitrogens with zero attached hydrogens (tertiary/aromatic N) is 5. The number of hydrogen-bond acceptors (Lipinski definition) is 8. The molecule has 3 atom stereocenters. The smallest absolute Gasteiger partial charge is 0.478 e. The van der Waals surface area contributed by atoms with E-state index in [9.17, 15) is 23.1 Å². The van der Waals surface area contributed by atoms with Gasteiger partial charge in [0.15, 0.2) is 10.9 Å². The van der Waals surface area contributed by atoms with Gasteiger partial charge in [-0.3, -0.25) is 0 Å². The van der Waals surface area contributed by atoms with E-state index in [1.54, 1.807) is 18.2 Å². The first-order chi connectivity index (χ1) is 20.1. The summed E-state index contributed by atoms with van der Waals surface area (Å²) in [5, 5.41) is 19.7. The molecule has 3 aliphatic rings. The lowest BCUT2D eigenvalue weighted by Crippen LogP contribution is -2.38. The van der Waals surface area contributed by atoms with Gasteiger partial charge in [-0.05, 0) is 49.9 Å². The zero-order valence-electron chi connectivity index (χ0n) is 21.6. The molecule has 0 spiro atoms. The summed E-state index contributed by atoms with van der Waals surface area (Å²) in [6.07, 6.45) is -1.44. The molecule has 0 unspecified atom stereocenters. The van der Waals surface area contributed by atoms with Crippen molar-refractivity contribution in [3.05, 3.63) is 51.6 Å². The lowest BCUT2D eigenvalue weighted by Gasteiger charge is -2.31. The molecule has 15 heteroatoms. The molecule has 0 radical (unpaired) electrons. The monoisotopic (exact) mass is 639 g/mol. The number of thiazole rings is 1. The molecule has 3 heterocycles. The molecular weight excluding hydrogens is 618 g/mol. The van der Waals surface area contributed by atoms with E-state index in [0.29, 0.717) is 44.1 Å². The molecule has 9 nitrogen and oxygen atoms in total. The lowest BCUT2D eigenvalue weighted by atomic mass is 10.1. The van der Waals surface area contributed by atoms with Crippen LogP contribution in [0.1, 0.15) is 47.8 Å². The third-order valence-corrected chi connectivity index (χ3v) is 9.63. The van der Waals surface area contributed by atoms with Crippen molar-refractivity contribution >= 4 is 55.9 Å². The second kappa shape index (κ2) is 10.2. The summed E-state index contributed by atoms with van der Waals surface area (Å²) in [7, 11) is 0. The number of benzene rings is 2. The van der Waals surface area contributed by atoms with Crippen LogP contribution in [0.4, 0.5) is 18.3 Å². The van der Waals surface area contributed by atoms with E-state index in [1.165, 1.54) is 6.07 Å². The number of piperidine rings is 1. The molecule has 2 aliphatic carbocycles. The average molecular weight is 640 g/mol. The Morgan fingerprint density at radius 2 is 1.90 bits per heavy atom. The number of carboxylic acid groups (broad SMARTS) is 1. The molecule has 1 saturated heterocycles. The topological polar surface area (TPSA) is 103 Å². The quantitative estimate of drug-likeness (QED) is 0.220. The van der Waals surface area contributed by atoms with Crippen LogP contribution < -0.4 is 9.64 Å². The minimum Gasteiger partial charge on any atom is -0.478 e. The summed E-state index contributed by atoms with van der Waals surface area (Å²) in [5.74, 6) is -1.79. The fourth-order valence-corrected chi connectivity index (χ4v) is 7.62. The Bertz CT molecular complexity index is 1690. The number of alkyl halides is 3. The van der Waals surface area contributed by atoms with Crippen LogP contribution in [0.25, 0.3) is 21.5 Å². The van der Waals surface area contributed by atoms with Gasteiger partial charge >= 0.3 is 12.3 Å². The number of rotatable bonds is 8. The maximum atomic E-state index is 13.0. The van der Waals surface area contributed by atoms with Crippen molar-refractivity contribution in [2.75, 3.05) is 11.4 Å². The van der Waals surface area contributed by atoms with Crippen LogP contribution in [0.3, 0.4) is 0 Å². The second-order valence-electron chi connectivity index (χ2n) is 10.7. The van der Waals surface area contributed by atoms with Crippen molar-refractivity contribution in [2.24, 2.45) is 5.92 Å². The number of ether oxygens (including phenoxy) is 2. The van der Waals surface area contributed by atoms with Crippen molar-refractivity contribution in [3.8, 4) is 17.0 Å². The Morgan fingerprint density at radius 1 is 1.14 bits per heavy atom. The van der Waals surface area contributed by atoms with Gasteiger partial charge in [-0.25, -0.2) is 14.5 Å². The number of aromatic nitrogens is 4. The van der Waals surface area contributed by atoms with Gasteiger partial charge in [-0.15, -0.1) is 18.3 Å². The summed E-state index contributed by atoms with van der Waals surface area (Å²) in [6, 6.07) is 7.82. The van der Waals surface area contributed by atoms with Gasteiger partial charge in [0.2, 0.25) is 0 Å². The Kier molecular flexibility index (Phi) is 6.76. The van der Waals surface area contributed by atoms with E-state index in [2.05, 4.69) is 24.9 Å². The van der Waals surface area contributed by atoms with E-state index >= 15 is 0 Å². The SMILES string of the molecule is O=C(O)c1cc(OC(F)(F)F)c2nc(N3C[C@@H]4C[C@H]3C[C@H]4OCc3c(-c4c(Cl)cccc4Cl)nnn3C3CC3)sc2c1. The van der Waals surface area contributed by atoms with Crippen molar-refractivity contribution in [3.63, 3.8) is 0 Å². The minimum atomic E-state index is -4.98. The first kappa shape index (κ1) is 27.7. The molecule has 7 rings (SSSR count). The first-order valence-electron chi connectivity index (χ1n) is 13.3. The number of halogens is 5. The number of carboxylic acids is 1. The molecule has 4 aromatic rings. The Hall–Kier alpha value is -3.13. The summed E-state index contributed by atoms with van der Waals surface area (Å²) in [5.41, 5.74) is 1.74. The molecule has 42 heavy (non-hydrogen) atoms. The predicted octanol–water partition coefficient (Wildman–Crippen LogP) is 6.98. The molecule has 1 N–H and O–H groups in total. The molecule has 2 aromatic heterocycles. The highest BCUT2D eigenvalue weighted by Crippen LogP contribution is 2.46. The van der Waals surface area contributed by atoms with Crippen molar-refractivity contribution in [1.29, 1.82) is 0 Å². The van der Waals surface area contributed by atoms with Gasteiger partial charge < -0.3 is 19.5 Å². The molecule has 1 aliphatic heterocycles. The summed E-state index contributed by atoms with van der Waals surface area (Å²) in [6.45, 7) is 0.894. The minimum absolute atomic E-state index is 0.0144. The average Bonchev–Trinajstić information content (AvgIpc) is 3.25. The van der Waals surface area contributed by atoms with Crippen LogP contribution >= 0.6 is 34.5 Å². The van der Waals surface area contributed by atoms with Crippen LogP contribution in [0.5, 0.6) is 5.75 Å². The van der Waals surface area contributed by atoms with E-state index in [0.717, 1.165) is 42.4 Å². The van der Waals surface area contributed by atoms with E-state index < -0.39 is 18.1 Å². The van der Waals surface area contributed by atoms with Crippen LogP contribution in [-0.2, 0) is 11.3 Å². The Morgan fingerprint density at radius 3 is 2.55 bits per heavy atom. The van der Waals surface area contributed by atoms with Gasteiger partial charge in [0.1, 0.15) is 11.2 Å². The molecule has 2 aromatic carbocycles. The van der Waals surface area contributed by atoms with E-state index in [4.69, 9.17) is 27.9 Å². The molecule has 2 bridgehead atoms. The van der Waals surface area contributed by atoms with Crippen molar-refractivity contribution < 1.29 is 32.5 Å². The standard InChI is InChI=1S/C27H22Cl2F3N5O4S/c28-16-2-1-3-17(29)22(16)23-18(37(35-34-23)14-4-5-14)11-40-19-9-15-6-13(19)10-36(15)26-33-24-20(41-27(30,31)32)7-12(25(38)39)8-21(24)42-26/h1-3,7-8,13-15,19H,4-6,9-11H2,(H,38,39)/t13-,15-,19+/m0/s1. The maximum Gasteiger partial charge on any atom is 0.573 e. The summed E-state index contributed by atoms with van der Waals surface area (Å²) < 4.78 is 51.9. The highest BCUT2D eigenvalue weighted by molar-refractivity contribution is 7.22. The zero-order valence-corrected chi connectivity index (χ0v) is 24.0. The largest absolute Gasteiger partial charge is 0.573 e. The fraction of sp³-hybridized carbons (Fsp3) is 0.407. The number of hydrogen-bond donors (Lipinski definition) is 1. The molecule has 220 valence electrons. The zero-order chi connectivity index (χ0) is 29.3. The van der Waals surface area contributed by atoms with Crippen molar-refractivity contribution in [1.82, 2.24) is 20.0 Å². The molecule has 0 amide bonds. The van der Waals surface area contributed by atoms with Crippen LogP contribution in [0.15, 0.2) is 30.3 Å². The number of carbonyl (C=O) groups is 1. The van der Waals surface area contributed by atoms with E-state index in [-0.39, 0.29) is 41.8 Å². The Labute approximate surface area is 250 Å². The summed E-state index contributed by atoms with van der Waals surface area (Å²) in [4.78, 5) is 18.0. The van der Waals surface area contributed by atoms with Gasteiger partial charge in [0, 0.05) is 24.1 Å². The highest BCUT2D eigenvalue weighted by Gasteiger charge is 2.47. The number of aromatic carboxylic acids is 1. The van der Waals surface area contributed by atoms with Gasteiger partial charge in [-0.1, -0.05) is 45.8 Å². The summed E-state index contributed by atoms with van der Waals surface area (Å²) >= 11 is 14.1. The van der Waals surface area contributed by atoms with Crippen LogP contribution in [-0.4, -0.2) is 56.1 Å². The van der Waals surface area contributed by atoms with Gasteiger partial charge in [0.25, 0.3) is 0 Å². The molecule has 3 fully saturated rings. The Balaban J connectivity index is 1.10.